The number of nitrogens with zero attached hydrogens (tertiary/aromatic N) is 4. The molecule has 1 N–H and O–H groups in total. The van der Waals surface area contributed by atoms with Crippen molar-refractivity contribution in [3.05, 3.63) is 35.9 Å². The van der Waals surface area contributed by atoms with E-state index in [-0.39, 0.29) is 0 Å². The maximum absolute atomic E-state index is 4.31. The summed E-state index contributed by atoms with van der Waals surface area (Å²) < 4.78 is 0. The molecule has 0 atom stereocenters. The van der Waals surface area contributed by atoms with Crippen molar-refractivity contribution in [2.45, 2.75) is 37.1 Å². The van der Waals surface area contributed by atoms with Crippen molar-refractivity contribution in [1.29, 1.82) is 0 Å². The zero-order valence-corrected chi connectivity index (χ0v) is 11.9. The van der Waals surface area contributed by atoms with Crippen LogP contribution in [0.2, 0.25) is 0 Å². The molecule has 2 aromatic rings. The predicted molar refractivity (Wildman–Crippen MR) is 74.9 cm³/mol. The molecule has 0 aliphatic carbocycles. The van der Waals surface area contributed by atoms with E-state index >= 15 is 0 Å². The molecule has 0 unspecified atom stereocenters. The van der Waals surface area contributed by atoms with E-state index in [4.69, 9.17) is 0 Å². The molecule has 5 nitrogen and oxygen atoms in total. The van der Waals surface area contributed by atoms with E-state index < -0.39 is 0 Å². The van der Waals surface area contributed by atoms with Crippen LogP contribution in [0.15, 0.2) is 35.1 Å². The Morgan fingerprint density at radius 1 is 1.00 bits per heavy atom. The lowest BCUT2D eigenvalue weighted by Gasteiger charge is -2.03. The number of nitrogens with one attached hydrogen (secondary N) is 1. The monoisotopic (exact) mass is 275 g/mol. The average Bonchev–Trinajstić information content (AvgIpc) is 2.44. The van der Waals surface area contributed by atoms with Gasteiger partial charge in [-0.2, -0.15) is 0 Å². The Labute approximate surface area is 117 Å². The maximum atomic E-state index is 4.31. The standard InChI is InChI=1S/C13H17N5S/c1-3-4-14-7-11-8-17-13(18-9-11)19-12-15-5-10(2)6-16-12/h5-6,8-9,14H,3-4,7H2,1-2H3. The average molecular weight is 275 g/mol. The molecule has 6 heteroatoms. The van der Waals surface area contributed by atoms with Crippen LogP contribution in [0, 0.1) is 6.92 Å². The van der Waals surface area contributed by atoms with Gasteiger partial charge in [0.2, 0.25) is 0 Å². The lowest BCUT2D eigenvalue weighted by atomic mass is 10.3. The van der Waals surface area contributed by atoms with Crippen molar-refractivity contribution in [2.24, 2.45) is 0 Å². The highest BCUT2D eigenvalue weighted by Gasteiger charge is 2.03. The summed E-state index contributed by atoms with van der Waals surface area (Å²) in [6.07, 6.45) is 8.38. The van der Waals surface area contributed by atoms with Crippen LogP contribution < -0.4 is 5.32 Å². The summed E-state index contributed by atoms with van der Waals surface area (Å²) in [5.41, 5.74) is 2.13. The zero-order valence-electron chi connectivity index (χ0n) is 11.1. The van der Waals surface area contributed by atoms with Gasteiger partial charge in [0.1, 0.15) is 0 Å². The molecule has 100 valence electrons. The first-order valence-corrected chi connectivity index (χ1v) is 7.07. The predicted octanol–water partition coefficient (Wildman–Crippen LogP) is 2.23. The first kappa shape index (κ1) is 13.9. The third-order valence-corrected chi connectivity index (χ3v) is 3.16. The fourth-order valence-corrected chi connectivity index (χ4v) is 2.00. The lowest BCUT2D eigenvalue weighted by Crippen LogP contribution is -2.14. The molecule has 0 aliphatic heterocycles. The fraction of sp³-hybridized carbons (Fsp3) is 0.385. The van der Waals surface area contributed by atoms with Crippen LogP contribution in [-0.2, 0) is 6.54 Å². The van der Waals surface area contributed by atoms with Gasteiger partial charge in [-0.25, -0.2) is 19.9 Å². The number of aryl methyl sites for hydroxylation is 1. The molecule has 0 saturated carbocycles. The van der Waals surface area contributed by atoms with Crippen molar-refractivity contribution >= 4 is 11.8 Å². The summed E-state index contributed by atoms with van der Waals surface area (Å²) in [6.45, 7) is 5.92. The molecule has 0 amide bonds. The van der Waals surface area contributed by atoms with E-state index in [0.717, 1.165) is 30.6 Å². The van der Waals surface area contributed by atoms with Crippen LogP contribution >= 0.6 is 11.8 Å². The van der Waals surface area contributed by atoms with Crippen molar-refractivity contribution in [1.82, 2.24) is 25.3 Å². The molecule has 0 fully saturated rings. The van der Waals surface area contributed by atoms with Crippen LogP contribution in [0.1, 0.15) is 24.5 Å². The Morgan fingerprint density at radius 2 is 1.58 bits per heavy atom. The van der Waals surface area contributed by atoms with E-state index in [1.807, 2.05) is 19.3 Å². The Hall–Kier alpha value is -1.53. The lowest BCUT2D eigenvalue weighted by molar-refractivity contribution is 0.669. The smallest absolute Gasteiger partial charge is 0.195 e. The second-order valence-electron chi connectivity index (χ2n) is 4.20. The summed E-state index contributed by atoms with van der Waals surface area (Å²) in [6, 6.07) is 0. The molecular formula is C13H17N5S. The number of aromatic nitrogens is 4. The van der Waals surface area contributed by atoms with E-state index in [9.17, 15) is 0 Å². The van der Waals surface area contributed by atoms with Gasteiger partial charge >= 0.3 is 0 Å². The van der Waals surface area contributed by atoms with Crippen LogP contribution in [0.25, 0.3) is 0 Å². The van der Waals surface area contributed by atoms with Gasteiger partial charge in [0, 0.05) is 36.9 Å². The third kappa shape index (κ3) is 4.57. The largest absolute Gasteiger partial charge is 0.313 e. The van der Waals surface area contributed by atoms with Gasteiger partial charge in [0.25, 0.3) is 0 Å². The van der Waals surface area contributed by atoms with Crippen molar-refractivity contribution in [3.63, 3.8) is 0 Å². The van der Waals surface area contributed by atoms with Gasteiger partial charge in [0.15, 0.2) is 10.3 Å². The van der Waals surface area contributed by atoms with E-state index in [1.165, 1.54) is 11.8 Å². The SMILES string of the molecule is CCCNCc1cnc(Sc2ncc(C)cn2)nc1. The molecule has 2 aromatic heterocycles. The highest BCUT2D eigenvalue weighted by atomic mass is 32.2. The summed E-state index contributed by atoms with van der Waals surface area (Å²) in [7, 11) is 0. The molecule has 19 heavy (non-hydrogen) atoms. The third-order valence-electron chi connectivity index (χ3n) is 2.38. The van der Waals surface area contributed by atoms with Crippen LogP contribution in [0.3, 0.4) is 0 Å². The van der Waals surface area contributed by atoms with Crippen molar-refractivity contribution in [2.75, 3.05) is 6.54 Å². The summed E-state index contributed by atoms with van der Waals surface area (Å²) in [5, 5.41) is 4.65. The van der Waals surface area contributed by atoms with E-state index in [2.05, 4.69) is 32.2 Å². The number of hydrogen-bond donors (Lipinski definition) is 1. The maximum Gasteiger partial charge on any atom is 0.195 e. The minimum Gasteiger partial charge on any atom is -0.313 e. The van der Waals surface area contributed by atoms with Crippen LogP contribution in [0.5, 0.6) is 0 Å². The van der Waals surface area contributed by atoms with Crippen molar-refractivity contribution in [3.8, 4) is 0 Å². The van der Waals surface area contributed by atoms with Gasteiger partial charge < -0.3 is 5.32 Å². The van der Waals surface area contributed by atoms with Crippen molar-refractivity contribution < 1.29 is 0 Å². The fourth-order valence-electron chi connectivity index (χ4n) is 1.41. The topological polar surface area (TPSA) is 63.6 Å². The Balaban J connectivity index is 1.92. The quantitative estimate of drug-likeness (QED) is 0.644. The first-order valence-electron chi connectivity index (χ1n) is 6.26. The normalized spacial score (nSPS) is 10.6. The van der Waals surface area contributed by atoms with Gasteiger partial charge in [-0.1, -0.05) is 6.92 Å². The molecule has 0 spiro atoms. The molecule has 2 rings (SSSR count). The highest BCUT2D eigenvalue weighted by Crippen LogP contribution is 2.19. The molecule has 0 radical (unpaired) electrons. The Bertz CT molecular complexity index is 497. The molecule has 0 bridgehead atoms. The van der Waals surface area contributed by atoms with E-state index in [1.54, 1.807) is 12.4 Å². The van der Waals surface area contributed by atoms with Crippen LogP contribution in [0.4, 0.5) is 0 Å². The van der Waals surface area contributed by atoms with Gasteiger partial charge in [-0.05, 0) is 37.2 Å². The molecule has 0 saturated heterocycles. The second kappa shape index (κ2) is 7.16. The highest BCUT2D eigenvalue weighted by molar-refractivity contribution is 7.99. The van der Waals surface area contributed by atoms with Gasteiger partial charge in [0.05, 0.1) is 0 Å². The summed E-state index contributed by atoms with van der Waals surface area (Å²) in [4.78, 5) is 17.0. The number of hydrogen-bond acceptors (Lipinski definition) is 6. The minimum atomic E-state index is 0.669. The first-order chi connectivity index (χ1) is 9.28. The van der Waals surface area contributed by atoms with Gasteiger partial charge in [-0.3, -0.25) is 0 Å². The zero-order chi connectivity index (χ0) is 13.5. The summed E-state index contributed by atoms with van der Waals surface area (Å²) >= 11 is 1.37. The molecular weight excluding hydrogens is 258 g/mol. The Morgan fingerprint density at radius 3 is 2.16 bits per heavy atom. The second-order valence-corrected chi connectivity index (χ2v) is 5.13. The molecule has 0 aromatic carbocycles. The number of rotatable bonds is 6. The minimum absolute atomic E-state index is 0.669. The van der Waals surface area contributed by atoms with Crippen LogP contribution in [-0.4, -0.2) is 26.5 Å². The summed E-state index contributed by atoms with van der Waals surface area (Å²) in [5.74, 6) is 0. The van der Waals surface area contributed by atoms with E-state index in [0.29, 0.717) is 10.3 Å². The molecule has 2 heterocycles. The molecule has 0 aliphatic rings. The van der Waals surface area contributed by atoms with Gasteiger partial charge in [-0.15, -0.1) is 0 Å². The Kier molecular flexibility index (Phi) is 5.23.